The van der Waals surface area contributed by atoms with E-state index in [0.29, 0.717) is 12.3 Å². The van der Waals surface area contributed by atoms with Gasteiger partial charge in [0.05, 0.1) is 18.9 Å². The Morgan fingerprint density at radius 1 is 1.38 bits per heavy atom. The van der Waals surface area contributed by atoms with Crippen molar-refractivity contribution in [3.63, 3.8) is 0 Å². The summed E-state index contributed by atoms with van der Waals surface area (Å²) in [5, 5.41) is 0. The molecule has 1 aliphatic carbocycles. The SMILES string of the molecule is Cc1ccoc1C(=O)N1CCn2c(CCOCC3CCC3)cnc2C1C. The number of hydrogen-bond donors (Lipinski definition) is 0. The Hall–Kier alpha value is -2.08. The molecule has 6 nitrogen and oxygen atoms in total. The minimum atomic E-state index is -0.0644. The lowest BCUT2D eigenvalue weighted by atomic mass is 9.86. The van der Waals surface area contributed by atoms with Crippen molar-refractivity contribution in [1.29, 1.82) is 0 Å². The van der Waals surface area contributed by atoms with Crippen LogP contribution in [0.3, 0.4) is 0 Å². The van der Waals surface area contributed by atoms with Crippen molar-refractivity contribution in [3.05, 3.63) is 41.4 Å². The Kier molecular flexibility index (Phi) is 4.85. The van der Waals surface area contributed by atoms with Gasteiger partial charge < -0.3 is 18.6 Å². The molecule has 1 amide bonds. The number of ether oxygens (including phenoxy) is 1. The van der Waals surface area contributed by atoms with Gasteiger partial charge in [0, 0.05) is 43.6 Å². The largest absolute Gasteiger partial charge is 0.459 e. The van der Waals surface area contributed by atoms with E-state index in [0.717, 1.165) is 43.5 Å². The molecule has 0 saturated heterocycles. The van der Waals surface area contributed by atoms with Gasteiger partial charge in [-0.25, -0.2) is 4.98 Å². The minimum Gasteiger partial charge on any atom is -0.459 e. The zero-order chi connectivity index (χ0) is 18.1. The van der Waals surface area contributed by atoms with Crippen LogP contribution in [0.5, 0.6) is 0 Å². The van der Waals surface area contributed by atoms with Gasteiger partial charge in [0.1, 0.15) is 5.82 Å². The minimum absolute atomic E-state index is 0.0559. The van der Waals surface area contributed by atoms with Crippen molar-refractivity contribution < 1.29 is 13.9 Å². The maximum absolute atomic E-state index is 12.8. The van der Waals surface area contributed by atoms with Gasteiger partial charge in [0.2, 0.25) is 0 Å². The Morgan fingerprint density at radius 2 is 2.23 bits per heavy atom. The highest BCUT2D eigenvalue weighted by atomic mass is 16.5. The van der Waals surface area contributed by atoms with Crippen LogP contribution >= 0.6 is 0 Å². The highest BCUT2D eigenvalue weighted by Crippen LogP contribution is 2.28. The first-order valence-corrected chi connectivity index (χ1v) is 9.62. The molecular weight excluding hydrogens is 330 g/mol. The summed E-state index contributed by atoms with van der Waals surface area (Å²) in [6.07, 6.45) is 8.37. The zero-order valence-electron chi connectivity index (χ0n) is 15.6. The molecule has 1 fully saturated rings. The molecule has 26 heavy (non-hydrogen) atoms. The highest BCUT2D eigenvalue weighted by molar-refractivity contribution is 5.93. The van der Waals surface area contributed by atoms with Crippen molar-refractivity contribution >= 4 is 5.91 Å². The molecule has 1 atom stereocenters. The summed E-state index contributed by atoms with van der Waals surface area (Å²) in [5.41, 5.74) is 2.07. The number of furan rings is 1. The number of fused-ring (bicyclic) bond motifs is 1. The quantitative estimate of drug-likeness (QED) is 0.744. The van der Waals surface area contributed by atoms with Crippen molar-refractivity contribution in [1.82, 2.24) is 14.5 Å². The van der Waals surface area contributed by atoms with Crippen LogP contribution in [0.25, 0.3) is 0 Å². The molecule has 2 aromatic heterocycles. The molecule has 0 bridgehead atoms. The van der Waals surface area contributed by atoms with E-state index in [1.807, 2.05) is 31.0 Å². The van der Waals surface area contributed by atoms with Crippen molar-refractivity contribution in [2.75, 3.05) is 19.8 Å². The Labute approximate surface area is 154 Å². The van der Waals surface area contributed by atoms with Crippen LogP contribution < -0.4 is 0 Å². The molecule has 0 N–H and O–H groups in total. The lowest BCUT2D eigenvalue weighted by Gasteiger charge is -2.34. The van der Waals surface area contributed by atoms with Crippen LogP contribution in [0.1, 0.15) is 59.9 Å². The Morgan fingerprint density at radius 3 is 2.92 bits per heavy atom. The van der Waals surface area contributed by atoms with E-state index in [-0.39, 0.29) is 11.9 Å². The number of hydrogen-bond acceptors (Lipinski definition) is 4. The molecule has 3 heterocycles. The molecule has 0 spiro atoms. The van der Waals surface area contributed by atoms with E-state index in [9.17, 15) is 4.79 Å². The topological polar surface area (TPSA) is 60.5 Å². The van der Waals surface area contributed by atoms with E-state index < -0.39 is 0 Å². The standard InChI is InChI=1S/C20H27N3O3/c1-14-6-11-26-18(14)20(24)22-8-9-23-17(12-21-19(23)15(22)2)7-10-25-13-16-4-3-5-16/h6,11-12,15-16H,3-5,7-10,13H2,1-2H3. The summed E-state index contributed by atoms with van der Waals surface area (Å²) in [4.78, 5) is 19.2. The number of imidazole rings is 1. The van der Waals surface area contributed by atoms with E-state index in [4.69, 9.17) is 9.15 Å². The van der Waals surface area contributed by atoms with Gasteiger partial charge >= 0.3 is 0 Å². The van der Waals surface area contributed by atoms with Crippen molar-refractivity contribution in [3.8, 4) is 0 Å². The van der Waals surface area contributed by atoms with Crippen LogP contribution in [0.4, 0.5) is 0 Å². The van der Waals surface area contributed by atoms with E-state index in [1.165, 1.54) is 25.0 Å². The van der Waals surface area contributed by atoms with Crippen molar-refractivity contribution in [2.24, 2.45) is 5.92 Å². The highest BCUT2D eigenvalue weighted by Gasteiger charge is 2.32. The molecule has 1 aliphatic heterocycles. The van der Waals surface area contributed by atoms with Crippen LogP contribution in [0.15, 0.2) is 22.9 Å². The second-order valence-electron chi connectivity index (χ2n) is 7.49. The lowest BCUT2D eigenvalue weighted by molar-refractivity contribution is 0.0596. The Balaban J connectivity index is 1.39. The van der Waals surface area contributed by atoms with Gasteiger partial charge in [0.25, 0.3) is 5.91 Å². The average molecular weight is 357 g/mol. The maximum Gasteiger partial charge on any atom is 0.290 e. The summed E-state index contributed by atoms with van der Waals surface area (Å²) in [6.45, 7) is 6.99. The second kappa shape index (κ2) is 7.27. The molecular formula is C20H27N3O3. The van der Waals surface area contributed by atoms with Gasteiger partial charge in [-0.15, -0.1) is 0 Å². The Bertz CT molecular complexity index is 775. The van der Waals surface area contributed by atoms with E-state index in [2.05, 4.69) is 9.55 Å². The fraction of sp³-hybridized carbons (Fsp3) is 0.600. The van der Waals surface area contributed by atoms with Crippen LogP contribution in [-0.2, 0) is 17.7 Å². The molecule has 1 saturated carbocycles. The van der Waals surface area contributed by atoms with Gasteiger partial charge in [-0.3, -0.25) is 4.79 Å². The predicted octanol–water partition coefficient (Wildman–Crippen LogP) is 3.36. The molecule has 0 aromatic carbocycles. The second-order valence-corrected chi connectivity index (χ2v) is 7.49. The van der Waals surface area contributed by atoms with Gasteiger partial charge in [-0.1, -0.05) is 6.42 Å². The van der Waals surface area contributed by atoms with Crippen LogP contribution in [0.2, 0.25) is 0 Å². The van der Waals surface area contributed by atoms with Gasteiger partial charge in [0.15, 0.2) is 5.76 Å². The van der Waals surface area contributed by atoms with Gasteiger partial charge in [-0.05, 0) is 38.7 Å². The summed E-state index contributed by atoms with van der Waals surface area (Å²) in [6, 6.07) is 1.76. The van der Waals surface area contributed by atoms with E-state index >= 15 is 0 Å². The summed E-state index contributed by atoms with van der Waals surface area (Å²) in [5.74, 6) is 2.10. The zero-order valence-corrected chi connectivity index (χ0v) is 15.6. The predicted molar refractivity (Wildman–Crippen MR) is 97.0 cm³/mol. The smallest absolute Gasteiger partial charge is 0.290 e. The molecule has 2 aromatic rings. The van der Waals surface area contributed by atoms with Crippen LogP contribution in [-0.4, -0.2) is 40.1 Å². The molecule has 2 aliphatic rings. The molecule has 140 valence electrons. The fourth-order valence-corrected chi connectivity index (χ4v) is 3.84. The number of carbonyl (C=O) groups is 1. The first-order chi connectivity index (χ1) is 12.6. The number of aromatic nitrogens is 2. The number of aryl methyl sites for hydroxylation is 1. The summed E-state index contributed by atoms with van der Waals surface area (Å²) < 4.78 is 13.5. The third kappa shape index (κ3) is 3.18. The third-order valence-electron chi connectivity index (χ3n) is 5.77. The first-order valence-electron chi connectivity index (χ1n) is 9.62. The fourth-order valence-electron chi connectivity index (χ4n) is 3.84. The monoisotopic (exact) mass is 357 g/mol. The number of amides is 1. The summed E-state index contributed by atoms with van der Waals surface area (Å²) in [7, 11) is 0. The number of nitrogens with zero attached hydrogens (tertiary/aromatic N) is 3. The maximum atomic E-state index is 12.8. The van der Waals surface area contributed by atoms with Crippen molar-refractivity contribution in [2.45, 2.75) is 52.1 Å². The van der Waals surface area contributed by atoms with E-state index in [1.54, 1.807) is 6.26 Å². The van der Waals surface area contributed by atoms with Crippen LogP contribution in [0, 0.1) is 12.8 Å². The lowest BCUT2D eigenvalue weighted by Crippen LogP contribution is -2.41. The summed E-state index contributed by atoms with van der Waals surface area (Å²) >= 11 is 0. The molecule has 1 unspecified atom stereocenters. The molecule has 0 radical (unpaired) electrons. The number of carbonyl (C=O) groups excluding carboxylic acids is 1. The normalized spacial score (nSPS) is 20.1. The molecule has 4 rings (SSSR count). The third-order valence-corrected chi connectivity index (χ3v) is 5.77. The first kappa shape index (κ1) is 17.3. The number of rotatable bonds is 6. The molecule has 6 heteroatoms. The van der Waals surface area contributed by atoms with Gasteiger partial charge in [-0.2, -0.15) is 0 Å². The average Bonchev–Trinajstić information content (AvgIpc) is 3.19.